The zero-order chi connectivity index (χ0) is 38.1. The Bertz CT molecular complexity index is 2980. The molecule has 270 valence electrons. The molecule has 9 aromatic carbocycles. The molecule has 0 fully saturated rings. The first-order valence-corrected chi connectivity index (χ1v) is 20.3. The Morgan fingerprint density at radius 2 is 0.912 bits per heavy atom. The summed E-state index contributed by atoms with van der Waals surface area (Å²) in [6.07, 6.45) is 0. The Balaban J connectivity index is 0.972. The molecular weight excluding hydrogens is 729 g/mol. The van der Waals surface area contributed by atoms with Gasteiger partial charge in [0.25, 0.3) is 0 Å². The quantitative estimate of drug-likeness (QED) is 0.155. The number of aromatic nitrogens is 1. The lowest BCUT2D eigenvalue weighted by atomic mass is 9.98. The maximum Gasteiger partial charge on any atom is 0.124 e. The van der Waals surface area contributed by atoms with E-state index in [-0.39, 0.29) is 0 Å². The van der Waals surface area contributed by atoms with Gasteiger partial charge in [0.2, 0.25) is 0 Å². The van der Waals surface area contributed by atoms with Gasteiger partial charge in [-0.3, -0.25) is 0 Å². The van der Waals surface area contributed by atoms with Crippen LogP contribution in [0.5, 0.6) is 0 Å². The number of hydrogen-bond acceptors (Lipinski definition) is 4. The van der Waals surface area contributed by atoms with Crippen LogP contribution in [0.1, 0.15) is 0 Å². The molecule has 2 nitrogen and oxygen atoms in total. The number of thiazole rings is 1. The predicted octanol–water partition coefficient (Wildman–Crippen LogP) is 15.5. The standard InChI is InChI=1S/C53H36N2S2/c56-51-35-50-52(57-53(54-50)42-14-5-2-6-15-42)34-49(51)41-23-21-37(22-24-41)38-25-29-44(30-26-38)55(46-18-9-17-43(33-46)36-11-3-1-4-12-36)45-31-27-40(28-32-45)48-20-10-16-39-13-7-8-19-47(39)48/h1-35,56H. The summed E-state index contributed by atoms with van der Waals surface area (Å²) < 4.78 is 1.16. The van der Waals surface area contributed by atoms with Crippen LogP contribution in [0.25, 0.3) is 76.1 Å². The molecule has 0 saturated carbocycles. The maximum absolute atomic E-state index is 4.90. The molecule has 0 saturated heterocycles. The number of fused-ring (bicyclic) bond motifs is 2. The largest absolute Gasteiger partial charge is 0.310 e. The summed E-state index contributed by atoms with van der Waals surface area (Å²) in [6.45, 7) is 0. The lowest BCUT2D eigenvalue weighted by Crippen LogP contribution is -2.10. The van der Waals surface area contributed by atoms with Crippen LogP contribution < -0.4 is 4.90 Å². The smallest absolute Gasteiger partial charge is 0.124 e. The van der Waals surface area contributed by atoms with Crippen LogP contribution in [-0.2, 0) is 0 Å². The van der Waals surface area contributed by atoms with Crippen molar-refractivity contribution in [3.05, 3.63) is 212 Å². The monoisotopic (exact) mass is 764 g/mol. The van der Waals surface area contributed by atoms with Gasteiger partial charge in [-0.05, 0) is 104 Å². The second-order valence-electron chi connectivity index (χ2n) is 14.2. The van der Waals surface area contributed by atoms with Gasteiger partial charge < -0.3 is 4.90 Å². The van der Waals surface area contributed by atoms with Crippen molar-refractivity contribution in [3.8, 4) is 55.1 Å². The van der Waals surface area contributed by atoms with Crippen LogP contribution >= 0.6 is 24.0 Å². The summed E-state index contributed by atoms with van der Waals surface area (Å²) in [5.74, 6) is 0. The fourth-order valence-electron chi connectivity index (χ4n) is 7.71. The molecule has 0 N–H and O–H groups in total. The Morgan fingerprint density at radius 1 is 0.386 bits per heavy atom. The summed E-state index contributed by atoms with van der Waals surface area (Å²) in [7, 11) is 0. The minimum Gasteiger partial charge on any atom is -0.310 e. The van der Waals surface area contributed by atoms with Crippen LogP contribution in [0.4, 0.5) is 17.1 Å². The maximum atomic E-state index is 4.90. The molecule has 0 unspecified atom stereocenters. The van der Waals surface area contributed by atoms with E-state index >= 15 is 0 Å². The van der Waals surface area contributed by atoms with Gasteiger partial charge in [0.1, 0.15) is 5.01 Å². The molecule has 10 rings (SSSR count). The minimum absolute atomic E-state index is 0.922. The van der Waals surface area contributed by atoms with E-state index in [1.807, 2.05) is 6.07 Å². The number of nitrogens with zero attached hydrogens (tertiary/aromatic N) is 2. The summed E-state index contributed by atoms with van der Waals surface area (Å²) in [5.41, 5.74) is 14.8. The van der Waals surface area contributed by atoms with Gasteiger partial charge in [0, 0.05) is 27.5 Å². The summed E-state index contributed by atoms with van der Waals surface area (Å²) >= 11 is 6.61. The molecule has 0 aliphatic heterocycles. The van der Waals surface area contributed by atoms with E-state index in [0.717, 1.165) is 65.0 Å². The molecule has 0 spiro atoms. The first kappa shape index (κ1) is 34.7. The summed E-state index contributed by atoms with van der Waals surface area (Å²) in [5, 5.41) is 3.53. The summed E-state index contributed by atoms with van der Waals surface area (Å²) in [4.78, 5) is 8.17. The first-order valence-electron chi connectivity index (χ1n) is 19.1. The Labute approximate surface area is 342 Å². The highest BCUT2D eigenvalue weighted by atomic mass is 32.1. The lowest BCUT2D eigenvalue weighted by Gasteiger charge is -2.26. The Hall–Kier alpha value is -6.72. The molecule has 0 bridgehead atoms. The molecule has 0 amide bonds. The molecular formula is C53H36N2S2. The van der Waals surface area contributed by atoms with E-state index in [4.69, 9.17) is 17.6 Å². The van der Waals surface area contributed by atoms with E-state index in [1.165, 1.54) is 33.0 Å². The van der Waals surface area contributed by atoms with Crippen molar-refractivity contribution in [2.24, 2.45) is 0 Å². The predicted molar refractivity (Wildman–Crippen MR) is 246 cm³/mol. The van der Waals surface area contributed by atoms with E-state index in [0.29, 0.717) is 0 Å². The van der Waals surface area contributed by atoms with E-state index in [2.05, 4.69) is 211 Å². The average Bonchev–Trinajstić information content (AvgIpc) is 3.70. The third-order valence-corrected chi connectivity index (χ3v) is 12.1. The third kappa shape index (κ3) is 6.91. The van der Waals surface area contributed by atoms with Gasteiger partial charge in [-0.25, -0.2) is 4.98 Å². The highest BCUT2D eigenvalue weighted by Gasteiger charge is 2.16. The van der Waals surface area contributed by atoms with Crippen molar-refractivity contribution < 1.29 is 0 Å². The highest BCUT2D eigenvalue weighted by molar-refractivity contribution is 7.80. The molecule has 1 heterocycles. The fourth-order valence-corrected chi connectivity index (χ4v) is 9.02. The van der Waals surface area contributed by atoms with Crippen LogP contribution in [-0.4, -0.2) is 4.98 Å². The molecule has 0 aliphatic carbocycles. The van der Waals surface area contributed by atoms with Crippen molar-refractivity contribution in [2.75, 3.05) is 4.90 Å². The van der Waals surface area contributed by atoms with Crippen molar-refractivity contribution in [2.45, 2.75) is 4.90 Å². The van der Waals surface area contributed by atoms with E-state index in [1.54, 1.807) is 11.3 Å². The summed E-state index contributed by atoms with van der Waals surface area (Å²) in [6, 6.07) is 75.8. The van der Waals surface area contributed by atoms with Crippen molar-refractivity contribution in [3.63, 3.8) is 0 Å². The second-order valence-corrected chi connectivity index (χ2v) is 15.7. The number of rotatable bonds is 8. The molecule has 57 heavy (non-hydrogen) atoms. The molecule has 0 radical (unpaired) electrons. The lowest BCUT2D eigenvalue weighted by molar-refractivity contribution is 1.28. The van der Waals surface area contributed by atoms with Gasteiger partial charge in [-0.2, -0.15) is 0 Å². The van der Waals surface area contributed by atoms with Crippen LogP contribution in [0.2, 0.25) is 0 Å². The van der Waals surface area contributed by atoms with Crippen LogP contribution in [0.15, 0.2) is 217 Å². The topological polar surface area (TPSA) is 16.1 Å². The molecule has 4 heteroatoms. The SMILES string of the molecule is Sc1cc2nc(-c3ccccc3)sc2cc1-c1ccc(-c2ccc(N(c3ccc(-c4cccc5ccccc45)cc3)c3cccc(-c4ccccc4)c3)cc2)cc1. The number of hydrogen-bond donors (Lipinski definition) is 1. The molecule has 0 aliphatic rings. The molecule has 10 aromatic rings. The molecule has 1 aromatic heterocycles. The van der Waals surface area contributed by atoms with Gasteiger partial charge in [0.15, 0.2) is 0 Å². The minimum atomic E-state index is 0.922. The van der Waals surface area contributed by atoms with Crippen LogP contribution in [0.3, 0.4) is 0 Å². The normalized spacial score (nSPS) is 11.2. The first-order chi connectivity index (χ1) is 28.1. The number of thiol groups is 1. The third-order valence-electron chi connectivity index (χ3n) is 10.6. The zero-order valence-corrected chi connectivity index (χ0v) is 32.7. The average molecular weight is 765 g/mol. The van der Waals surface area contributed by atoms with Crippen molar-refractivity contribution >= 4 is 62.0 Å². The highest BCUT2D eigenvalue weighted by Crippen LogP contribution is 2.40. The van der Waals surface area contributed by atoms with Gasteiger partial charge in [0.05, 0.1) is 10.2 Å². The van der Waals surface area contributed by atoms with Crippen molar-refractivity contribution in [1.29, 1.82) is 0 Å². The zero-order valence-electron chi connectivity index (χ0n) is 31.0. The van der Waals surface area contributed by atoms with Gasteiger partial charge >= 0.3 is 0 Å². The van der Waals surface area contributed by atoms with Crippen molar-refractivity contribution in [1.82, 2.24) is 4.98 Å². The van der Waals surface area contributed by atoms with E-state index < -0.39 is 0 Å². The van der Waals surface area contributed by atoms with Gasteiger partial charge in [-0.1, -0.05) is 164 Å². The van der Waals surface area contributed by atoms with Gasteiger partial charge in [-0.15, -0.1) is 24.0 Å². The number of benzene rings is 9. The Kier molecular flexibility index (Phi) is 9.19. The van der Waals surface area contributed by atoms with Crippen LogP contribution in [0, 0.1) is 0 Å². The Morgan fingerprint density at radius 3 is 1.63 bits per heavy atom. The number of anilines is 3. The van der Waals surface area contributed by atoms with E-state index in [9.17, 15) is 0 Å². The second kappa shape index (κ2) is 15.1. The fraction of sp³-hybridized carbons (Fsp3) is 0. The molecule has 0 atom stereocenters.